The Labute approximate surface area is 187 Å². The van der Waals surface area contributed by atoms with Crippen molar-refractivity contribution in [2.75, 3.05) is 10.7 Å². The van der Waals surface area contributed by atoms with Gasteiger partial charge in [0, 0.05) is 35.5 Å². The van der Waals surface area contributed by atoms with Gasteiger partial charge in [0.2, 0.25) is 5.91 Å². The van der Waals surface area contributed by atoms with Crippen LogP contribution in [0.4, 0.5) is 13.9 Å². The monoisotopic (exact) mass is 455 g/mol. The Hall–Kier alpha value is -2.84. The number of thioether (sulfide) groups is 1. The molecule has 0 aliphatic heterocycles. The van der Waals surface area contributed by atoms with E-state index < -0.39 is 11.6 Å². The number of hydrogen-bond donors (Lipinski definition) is 0. The van der Waals surface area contributed by atoms with Crippen LogP contribution < -0.4 is 4.90 Å². The molecule has 0 saturated heterocycles. The summed E-state index contributed by atoms with van der Waals surface area (Å²) in [7, 11) is 0. The minimum absolute atomic E-state index is 0.0689. The predicted molar refractivity (Wildman–Crippen MR) is 121 cm³/mol. The van der Waals surface area contributed by atoms with E-state index in [4.69, 9.17) is 0 Å². The SMILES string of the molecule is Cc1ccc(SCCC(=O)N(Cc2cccnc2)c2nc3c(F)cc(F)cc3s2)cc1. The Bertz CT molecular complexity index is 1200. The van der Waals surface area contributed by atoms with E-state index in [0.29, 0.717) is 15.6 Å². The highest BCUT2D eigenvalue weighted by molar-refractivity contribution is 7.99. The van der Waals surface area contributed by atoms with Crippen molar-refractivity contribution in [1.82, 2.24) is 9.97 Å². The molecule has 0 saturated carbocycles. The van der Waals surface area contributed by atoms with Crippen LogP contribution in [0.3, 0.4) is 0 Å². The van der Waals surface area contributed by atoms with E-state index in [-0.39, 0.29) is 24.4 Å². The maximum atomic E-state index is 14.2. The Morgan fingerprint density at radius 2 is 1.97 bits per heavy atom. The van der Waals surface area contributed by atoms with E-state index in [1.807, 2.05) is 37.3 Å². The number of carbonyl (C=O) groups is 1. The van der Waals surface area contributed by atoms with E-state index in [1.165, 1.54) is 16.5 Å². The molecule has 31 heavy (non-hydrogen) atoms. The summed E-state index contributed by atoms with van der Waals surface area (Å²) in [5.74, 6) is -0.941. The second kappa shape index (κ2) is 9.53. The van der Waals surface area contributed by atoms with Crippen LogP contribution in [0.1, 0.15) is 17.5 Å². The van der Waals surface area contributed by atoms with Gasteiger partial charge in [0.1, 0.15) is 11.3 Å². The summed E-state index contributed by atoms with van der Waals surface area (Å²) in [4.78, 5) is 24.1. The average Bonchev–Trinajstić information content (AvgIpc) is 3.18. The maximum absolute atomic E-state index is 14.2. The number of aryl methyl sites for hydroxylation is 1. The number of benzene rings is 2. The van der Waals surface area contributed by atoms with Gasteiger partial charge < -0.3 is 0 Å². The third-order valence-corrected chi connectivity index (χ3v) is 6.64. The summed E-state index contributed by atoms with van der Waals surface area (Å²) in [5, 5.41) is 0.341. The molecule has 0 N–H and O–H groups in total. The van der Waals surface area contributed by atoms with Gasteiger partial charge in [0.25, 0.3) is 0 Å². The lowest BCUT2D eigenvalue weighted by atomic mass is 10.2. The zero-order valence-corrected chi connectivity index (χ0v) is 18.4. The first kappa shape index (κ1) is 21.4. The molecule has 2 aromatic heterocycles. The van der Waals surface area contributed by atoms with Crippen molar-refractivity contribution < 1.29 is 13.6 Å². The van der Waals surface area contributed by atoms with Gasteiger partial charge in [0.05, 0.1) is 11.2 Å². The maximum Gasteiger partial charge on any atom is 0.229 e. The number of anilines is 1. The molecule has 8 heteroatoms. The minimum Gasteiger partial charge on any atom is -0.284 e. The van der Waals surface area contributed by atoms with Crippen molar-refractivity contribution in [1.29, 1.82) is 0 Å². The number of thiazole rings is 1. The number of hydrogen-bond acceptors (Lipinski definition) is 5. The summed E-state index contributed by atoms with van der Waals surface area (Å²) in [6.45, 7) is 2.28. The molecule has 0 unspecified atom stereocenters. The Balaban J connectivity index is 1.55. The first-order valence-electron chi connectivity index (χ1n) is 9.64. The average molecular weight is 456 g/mol. The first-order chi connectivity index (χ1) is 15.0. The quantitative estimate of drug-likeness (QED) is 0.321. The number of halogens is 2. The van der Waals surface area contributed by atoms with Crippen LogP contribution in [-0.4, -0.2) is 21.6 Å². The molecule has 158 valence electrons. The summed E-state index contributed by atoms with van der Waals surface area (Å²) in [6, 6.07) is 13.8. The summed E-state index contributed by atoms with van der Waals surface area (Å²) < 4.78 is 28.1. The number of aromatic nitrogens is 2. The van der Waals surface area contributed by atoms with Gasteiger partial charge in [-0.05, 0) is 36.8 Å². The van der Waals surface area contributed by atoms with Crippen LogP contribution in [0.2, 0.25) is 0 Å². The van der Waals surface area contributed by atoms with Crippen molar-refractivity contribution >= 4 is 44.4 Å². The number of amides is 1. The third kappa shape index (κ3) is 5.26. The molecule has 0 atom stereocenters. The molecule has 0 bridgehead atoms. The molecule has 4 aromatic rings. The lowest BCUT2D eigenvalue weighted by Gasteiger charge is -2.20. The lowest BCUT2D eigenvalue weighted by molar-refractivity contribution is -0.118. The standard InChI is InChI=1S/C23H19F2N3OS2/c1-15-4-6-18(7-5-15)30-10-8-21(29)28(14-16-3-2-9-26-13-16)23-27-22-19(25)11-17(24)12-20(22)31-23/h2-7,9,11-13H,8,10,14H2,1H3. The first-order valence-corrected chi connectivity index (χ1v) is 11.4. The summed E-state index contributed by atoms with van der Waals surface area (Å²) in [5.41, 5.74) is 2.08. The van der Waals surface area contributed by atoms with Gasteiger partial charge in [-0.15, -0.1) is 11.8 Å². The highest BCUT2D eigenvalue weighted by atomic mass is 32.2. The van der Waals surface area contributed by atoms with E-state index in [2.05, 4.69) is 9.97 Å². The molecule has 2 heterocycles. The lowest BCUT2D eigenvalue weighted by Crippen LogP contribution is -2.30. The molecule has 2 aromatic carbocycles. The van der Waals surface area contributed by atoms with Crippen molar-refractivity contribution in [2.45, 2.75) is 24.8 Å². The highest BCUT2D eigenvalue weighted by Gasteiger charge is 2.21. The van der Waals surface area contributed by atoms with Gasteiger partial charge in [-0.3, -0.25) is 14.7 Å². The number of pyridine rings is 1. The van der Waals surface area contributed by atoms with E-state index in [0.717, 1.165) is 27.9 Å². The van der Waals surface area contributed by atoms with E-state index in [9.17, 15) is 13.6 Å². The number of carbonyl (C=O) groups excluding carboxylic acids is 1. The third-order valence-electron chi connectivity index (χ3n) is 4.60. The van der Waals surface area contributed by atoms with Gasteiger partial charge in [-0.1, -0.05) is 35.1 Å². The number of rotatable bonds is 7. The van der Waals surface area contributed by atoms with Crippen LogP contribution in [0.5, 0.6) is 0 Å². The predicted octanol–water partition coefficient (Wildman–Crippen LogP) is 5.99. The minimum atomic E-state index is -0.735. The topological polar surface area (TPSA) is 46.1 Å². The zero-order valence-electron chi connectivity index (χ0n) is 16.7. The smallest absolute Gasteiger partial charge is 0.229 e. The Morgan fingerprint density at radius 1 is 1.16 bits per heavy atom. The molecule has 0 aliphatic carbocycles. The fourth-order valence-corrected chi connectivity index (χ4v) is 4.89. The molecule has 0 spiro atoms. The Morgan fingerprint density at radius 3 is 2.71 bits per heavy atom. The van der Waals surface area contributed by atoms with Gasteiger partial charge in [-0.2, -0.15) is 0 Å². The van der Waals surface area contributed by atoms with Gasteiger partial charge >= 0.3 is 0 Å². The summed E-state index contributed by atoms with van der Waals surface area (Å²) in [6.07, 6.45) is 3.62. The van der Waals surface area contributed by atoms with Crippen LogP contribution in [0.15, 0.2) is 65.8 Å². The van der Waals surface area contributed by atoms with Crippen LogP contribution in [0, 0.1) is 18.6 Å². The molecular weight excluding hydrogens is 436 g/mol. The molecule has 4 nitrogen and oxygen atoms in total. The van der Waals surface area contributed by atoms with Gasteiger partial charge in [-0.25, -0.2) is 13.8 Å². The van der Waals surface area contributed by atoms with E-state index in [1.54, 1.807) is 30.2 Å². The second-order valence-corrected chi connectivity index (χ2v) is 9.16. The molecule has 0 aliphatic rings. The molecule has 0 radical (unpaired) electrons. The van der Waals surface area contributed by atoms with Crippen LogP contribution in [0.25, 0.3) is 10.2 Å². The molecule has 1 amide bonds. The van der Waals surface area contributed by atoms with Crippen molar-refractivity contribution in [3.63, 3.8) is 0 Å². The summed E-state index contributed by atoms with van der Waals surface area (Å²) >= 11 is 2.70. The fourth-order valence-electron chi connectivity index (χ4n) is 3.02. The number of nitrogens with zero attached hydrogens (tertiary/aromatic N) is 3. The van der Waals surface area contributed by atoms with Crippen molar-refractivity contribution in [2.24, 2.45) is 0 Å². The Kier molecular flexibility index (Phi) is 6.58. The molecular formula is C23H19F2N3OS2. The van der Waals surface area contributed by atoms with Crippen molar-refractivity contribution in [3.8, 4) is 0 Å². The second-order valence-electron chi connectivity index (χ2n) is 6.98. The largest absolute Gasteiger partial charge is 0.284 e. The van der Waals surface area contributed by atoms with Crippen molar-refractivity contribution in [3.05, 3.63) is 83.7 Å². The normalized spacial score (nSPS) is 11.1. The molecule has 4 rings (SSSR count). The van der Waals surface area contributed by atoms with Crippen LogP contribution in [-0.2, 0) is 11.3 Å². The van der Waals surface area contributed by atoms with E-state index >= 15 is 0 Å². The fraction of sp³-hybridized carbons (Fsp3) is 0.174. The van der Waals surface area contributed by atoms with Gasteiger partial charge in [0.15, 0.2) is 10.9 Å². The number of fused-ring (bicyclic) bond motifs is 1. The molecule has 0 fully saturated rings. The highest BCUT2D eigenvalue weighted by Crippen LogP contribution is 2.32. The van der Waals surface area contributed by atoms with Crippen LogP contribution >= 0.6 is 23.1 Å². The zero-order chi connectivity index (χ0) is 21.8.